The van der Waals surface area contributed by atoms with Gasteiger partial charge in [0, 0.05) is 29.9 Å². The van der Waals surface area contributed by atoms with Crippen molar-refractivity contribution in [3.8, 4) is 5.75 Å². The van der Waals surface area contributed by atoms with Crippen LogP contribution in [0.25, 0.3) is 0 Å². The highest BCUT2D eigenvalue weighted by Gasteiger charge is 2.45. The number of nitrogens with two attached hydrogens (primary N) is 1. The normalized spacial score (nSPS) is 15.7. The van der Waals surface area contributed by atoms with Crippen LogP contribution in [0, 0.1) is 5.82 Å². The number of rotatable bonds is 13. The van der Waals surface area contributed by atoms with Crippen LogP contribution in [0.3, 0.4) is 0 Å². The Morgan fingerprint density at radius 1 is 1.08 bits per heavy atom. The SMILES string of the molecule is C=C/C(Cl)=C\C=C(/N)[C@](CNC[C@@H](O)C(F)(F)F)(Cc1ccccc1)c1cc(F)cc(OC(F)(F)C(F)F)c1. The Labute approximate surface area is 224 Å². The Morgan fingerprint density at radius 2 is 1.72 bits per heavy atom. The third-order valence-electron chi connectivity index (χ3n) is 5.59. The minimum absolute atomic E-state index is 0.104. The molecule has 0 unspecified atom stereocenters. The van der Waals surface area contributed by atoms with E-state index in [1.165, 1.54) is 18.2 Å². The molecule has 0 heterocycles. The van der Waals surface area contributed by atoms with Gasteiger partial charge in [0.15, 0.2) is 6.10 Å². The van der Waals surface area contributed by atoms with Gasteiger partial charge in [-0.25, -0.2) is 4.39 Å². The van der Waals surface area contributed by atoms with Gasteiger partial charge in [0.1, 0.15) is 11.6 Å². The molecule has 0 aromatic heterocycles. The molecule has 214 valence electrons. The molecule has 0 spiro atoms. The van der Waals surface area contributed by atoms with Gasteiger partial charge in [-0.3, -0.25) is 0 Å². The van der Waals surface area contributed by atoms with Crippen LogP contribution < -0.4 is 15.8 Å². The lowest BCUT2D eigenvalue weighted by Crippen LogP contribution is -2.48. The number of nitrogens with one attached hydrogen (secondary N) is 1. The molecule has 0 aliphatic rings. The van der Waals surface area contributed by atoms with Crippen LogP contribution >= 0.6 is 11.6 Å². The summed E-state index contributed by atoms with van der Waals surface area (Å²) in [5, 5.41) is 12.0. The van der Waals surface area contributed by atoms with Crippen LogP contribution in [0.1, 0.15) is 11.1 Å². The highest BCUT2D eigenvalue weighted by Crippen LogP contribution is 2.38. The van der Waals surface area contributed by atoms with Crippen molar-refractivity contribution in [1.82, 2.24) is 5.32 Å². The highest BCUT2D eigenvalue weighted by atomic mass is 35.5. The summed E-state index contributed by atoms with van der Waals surface area (Å²) in [6.45, 7) is 1.98. The third kappa shape index (κ3) is 8.97. The van der Waals surface area contributed by atoms with Gasteiger partial charge in [0.05, 0.1) is 5.41 Å². The summed E-state index contributed by atoms with van der Waals surface area (Å²) in [6, 6.07) is 10.3. The van der Waals surface area contributed by atoms with Crippen LogP contribution in [0.4, 0.5) is 35.1 Å². The van der Waals surface area contributed by atoms with E-state index in [9.17, 15) is 40.2 Å². The third-order valence-corrected chi connectivity index (χ3v) is 5.87. The lowest BCUT2D eigenvalue weighted by molar-refractivity contribution is -0.253. The molecule has 0 bridgehead atoms. The van der Waals surface area contributed by atoms with E-state index in [-0.39, 0.29) is 22.7 Å². The molecule has 0 saturated carbocycles. The van der Waals surface area contributed by atoms with E-state index in [2.05, 4.69) is 16.6 Å². The summed E-state index contributed by atoms with van der Waals surface area (Å²) in [5.41, 5.74) is 4.90. The molecule has 2 aromatic carbocycles. The molecule has 4 N–H and O–H groups in total. The van der Waals surface area contributed by atoms with E-state index in [0.29, 0.717) is 11.6 Å². The van der Waals surface area contributed by atoms with Crippen LogP contribution in [0.15, 0.2) is 84.1 Å². The summed E-state index contributed by atoms with van der Waals surface area (Å²) in [6.07, 6.45) is -13.3. The van der Waals surface area contributed by atoms with Crippen LogP contribution in [0.5, 0.6) is 5.75 Å². The van der Waals surface area contributed by atoms with Crippen molar-refractivity contribution in [3.63, 3.8) is 0 Å². The van der Waals surface area contributed by atoms with Gasteiger partial charge in [-0.05, 0) is 41.8 Å². The highest BCUT2D eigenvalue weighted by molar-refractivity contribution is 6.31. The first-order valence-electron chi connectivity index (χ1n) is 11.2. The molecular formula is C26H25ClF8N2O2. The van der Waals surface area contributed by atoms with Gasteiger partial charge in [-0.1, -0.05) is 54.6 Å². The number of aliphatic hydroxyl groups excluding tert-OH is 1. The van der Waals surface area contributed by atoms with Gasteiger partial charge in [0.2, 0.25) is 0 Å². The largest absolute Gasteiger partial charge is 0.461 e. The van der Waals surface area contributed by atoms with E-state index >= 15 is 0 Å². The fourth-order valence-corrected chi connectivity index (χ4v) is 3.68. The summed E-state index contributed by atoms with van der Waals surface area (Å²) < 4.78 is 110. The van der Waals surface area contributed by atoms with Crippen LogP contribution in [-0.2, 0) is 11.8 Å². The average Bonchev–Trinajstić information content (AvgIpc) is 2.85. The van der Waals surface area contributed by atoms with E-state index in [1.54, 1.807) is 30.3 Å². The summed E-state index contributed by atoms with van der Waals surface area (Å²) >= 11 is 5.95. The number of hydrogen-bond donors (Lipinski definition) is 3. The smallest absolute Gasteiger partial charge is 0.428 e. The maximum Gasteiger partial charge on any atom is 0.461 e. The first-order chi connectivity index (χ1) is 18.1. The minimum atomic E-state index is -4.97. The van der Waals surface area contributed by atoms with E-state index in [4.69, 9.17) is 17.3 Å². The molecule has 0 aliphatic carbocycles. The first-order valence-corrected chi connectivity index (χ1v) is 11.6. The zero-order valence-electron chi connectivity index (χ0n) is 20.2. The molecule has 39 heavy (non-hydrogen) atoms. The van der Waals surface area contributed by atoms with Crippen LogP contribution in [-0.4, -0.2) is 43.0 Å². The predicted molar refractivity (Wildman–Crippen MR) is 131 cm³/mol. The van der Waals surface area contributed by atoms with Crippen LogP contribution in [0.2, 0.25) is 0 Å². The maximum atomic E-state index is 14.7. The molecule has 0 amide bonds. The Balaban J connectivity index is 2.74. The van der Waals surface area contributed by atoms with E-state index in [1.807, 2.05) is 0 Å². The van der Waals surface area contributed by atoms with Gasteiger partial charge >= 0.3 is 18.7 Å². The number of alkyl halides is 7. The predicted octanol–water partition coefficient (Wildman–Crippen LogP) is 6.21. The van der Waals surface area contributed by atoms with Gasteiger partial charge in [0.25, 0.3) is 0 Å². The zero-order valence-corrected chi connectivity index (χ0v) is 20.9. The second-order valence-corrected chi connectivity index (χ2v) is 8.89. The second-order valence-electron chi connectivity index (χ2n) is 8.45. The number of allylic oxidation sites excluding steroid dienone is 4. The quantitative estimate of drug-likeness (QED) is 0.194. The summed E-state index contributed by atoms with van der Waals surface area (Å²) in [4.78, 5) is 0. The number of aliphatic hydroxyl groups is 1. The molecule has 2 aromatic rings. The molecule has 0 radical (unpaired) electrons. The van der Waals surface area contributed by atoms with Crippen molar-refractivity contribution in [2.45, 2.75) is 36.7 Å². The lowest BCUT2D eigenvalue weighted by atomic mass is 9.72. The van der Waals surface area contributed by atoms with E-state index in [0.717, 1.165) is 12.1 Å². The Morgan fingerprint density at radius 3 is 2.28 bits per heavy atom. The summed E-state index contributed by atoms with van der Waals surface area (Å²) in [7, 11) is 0. The number of ether oxygens (including phenoxy) is 1. The Kier molecular flexibility index (Phi) is 11.0. The maximum absolute atomic E-state index is 14.7. The number of hydrogen-bond acceptors (Lipinski definition) is 4. The number of benzene rings is 2. The second kappa shape index (κ2) is 13.3. The van der Waals surface area contributed by atoms with Crippen molar-refractivity contribution in [2.75, 3.05) is 13.1 Å². The molecule has 2 atom stereocenters. The van der Waals surface area contributed by atoms with Crippen molar-refractivity contribution < 1.29 is 45.0 Å². The van der Waals surface area contributed by atoms with Crippen molar-refractivity contribution in [2.24, 2.45) is 5.73 Å². The molecular weight excluding hydrogens is 560 g/mol. The molecule has 4 nitrogen and oxygen atoms in total. The van der Waals surface area contributed by atoms with Gasteiger partial charge in [-0.2, -0.15) is 30.7 Å². The first kappa shape index (κ1) is 32.1. The standard InChI is InChI=1S/C26H25ClF8N2O2/c1-2-18(27)8-9-21(36)24(13-16-6-4-3-5-7-16,15-37-14-22(38)25(31,32)33)17-10-19(28)12-20(11-17)39-26(34,35)23(29)30/h2-12,22-23,37-38H,1,13-15,36H2/b18-8+,21-9-/t22-,24+/m1/s1. The molecule has 0 aliphatic heterocycles. The Bertz CT molecular complexity index is 1170. The van der Waals surface area contributed by atoms with Crippen molar-refractivity contribution in [1.29, 1.82) is 0 Å². The minimum Gasteiger partial charge on any atom is -0.428 e. The molecule has 0 saturated heterocycles. The average molecular weight is 585 g/mol. The van der Waals surface area contributed by atoms with E-state index < -0.39 is 54.9 Å². The lowest BCUT2D eigenvalue weighted by Gasteiger charge is -2.36. The molecule has 13 heteroatoms. The summed E-state index contributed by atoms with van der Waals surface area (Å²) in [5.74, 6) is -2.15. The van der Waals surface area contributed by atoms with Crippen molar-refractivity contribution >= 4 is 11.6 Å². The number of halogens is 9. The monoisotopic (exact) mass is 584 g/mol. The van der Waals surface area contributed by atoms with Crippen molar-refractivity contribution in [3.05, 3.63) is 101 Å². The topological polar surface area (TPSA) is 67.5 Å². The molecule has 2 rings (SSSR count). The molecule has 0 fully saturated rings. The Hall–Kier alpha value is -3.09. The fourth-order valence-electron chi connectivity index (χ4n) is 3.62. The van der Waals surface area contributed by atoms with Gasteiger partial charge < -0.3 is 20.9 Å². The fraction of sp³-hybridized carbons (Fsp3) is 0.308. The zero-order chi connectivity index (χ0) is 29.4. The van der Waals surface area contributed by atoms with Gasteiger partial charge in [-0.15, -0.1) is 0 Å².